The van der Waals surface area contributed by atoms with Gasteiger partial charge in [0.15, 0.2) is 11.6 Å². The highest BCUT2D eigenvalue weighted by molar-refractivity contribution is 7.15. The maximum absolute atomic E-state index is 14.5. The Morgan fingerprint density at radius 1 is 0.568 bits per heavy atom. The highest BCUT2D eigenvalue weighted by Crippen LogP contribution is 2.42. The first-order valence-corrected chi connectivity index (χ1v) is 40.4. The zero-order chi connectivity index (χ0) is 79.1. The number of aryl methyl sites for hydroxylation is 5. The summed E-state index contributed by atoms with van der Waals surface area (Å²) in [5.41, 5.74) is 10.5. The number of likely N-dealkylation sites (tertiary alicyclic amines) is 1. The lowest BCUT2D eigenvalue weighted by Gasteiger charge is -2.35. The molecule has 3 aromatic carbocycles. The molecule has 0 unspecified atom stereocenters. The topological polar surface area (TPSA) is 321 Å². The number of hydrogen-bond acceptors (Lipinski definition) is 23. The maximum Gasteiger partial charge on any atom is 0.246 e. The predicted octanol–water partition coefficient (Wildman–Crippen LogP) is 9.99. The number of β-amino-alcohol motifs (C(OH)–C–C–N with tert-alkyl or cyclic N) is 1. The van der Waals surface area contributed by atoms with E-state index in [0.717, 1.165) is 86.3 Å². The van der Waals surface area contributed by atoms with E-state index in [2.05, 4.69) is 74.3 Å². The number of thiophene rings is 2. The van der Waals surface area contributed by atoms with Crippen molar-refractivity contribution in [3.8, 4) is 20.4 Å². The minimum absolute atomic E-state index is 0.0167. The van der Waals surface area contributed by atoms with Crippen molar-refractivity contribution in [2.45, 2.75) is 132 Å². The number of aliphatic hydroxyl groups is 1. The van der Waals surface area contributed by atoms with Gasteiger partial charge in [-0.1, -0.05) is 99.4 Å². The van der Waals surface area contributed by atoms with Gasteiger partial charge in [-0.15, -0.1) is 54.4 Å². The fourth-order valence-corrected chi connectivity index (χ4v) is 16.8. The quantitative estimate of drug-likeness (QED) is 0.0225. The summed E-state index contributed by atoms with van der Waals surface area (Å²) in [4.78, 5) is 88.7. The van der Waals surface area contributed by atoms with Crippen LogP contribution in [0.15, 0.2) is 88.3 Å². The minimum Gasteiger partial charge on any atom is -0.391 e. The van der Waals surface area contributed by atoms with Crippen LogP contribution in [0, 0.1) is 59.3 Å². The van der Waals surface area contributed by atoms with E-state index in [1.165, 1.54) is 4.90 Å². The van der Waals surface area contributed by atoms with E-state index < -0.39 is 65.4 Å². The Labute approximate surface area is 668 Å². The monoisotopic (exact) mass is 1620 g/mol. The van der Waals surface area contributed by atoms with E-state index in [1.807, 2.05) is 130 Å². The summed E-state index contributed by atoms with van der Waals surface area (Å²) in [5.74, 6) is 0.678. The number of aliphatic hydroxyl groups excluding tert-OH is 1. The third-order valence-corrected chi connectivity index (χ3v) is 23.3. The average molecular weight is 1620 g/mol. The normalized spacial score (nSPS) is 16.4. The zero-order valence-electron chi connectivity index (χ0n) is 64.5. The summed E-state index contributed by atoms with van der Waals surface area (Å²) in [7, 11) is 0. The molecule has 0 saturated carbocycles. The van der Waals surface area contributed by atoms with Crippen LogP contribution in [-0.2, 0) is 63.7 Å². The first kappa shape index (κ1) is 83.8. The van der Waals surface area contributed by atoms with Gasteiger partial charge in [0.1, 0.15) is 52.4 Å². The number of ether oxygens (including phenoxy) is 7. The van der Waals surface area contributed by atoms with Crippen molar-refractivity contribution in [2.75, 3.05) is 112 Å². The number of nitrogens with zero attached hydrogens (tertiary/aromatic N) is 10. The predicted molar refractivity (Wildman–Crippen MR) is 427 cm³/mol. The third-order valence-electron chi connectivity index (χ3n) is 19.4. The van der Waals surface area contributed by atoms with Crippen LogP contribution in [0.2, 0.25) is 10.0 Å². The number of fused-ring (bicyclic) bond motifs is 6. The van der Waals surface area contributed by atoms with E-state index >= 15 is 0 Å². The van der Waals surface area contributed by atoms with Gasteiger partial charge in [-0.25, -0.2) is 4.98 Å². The van der Waals surface area contributed by atoms with E-state index in [1.54, 1.807) is 39.5 Å². The van der Waals surface area contributed by atoms with Crippen LogP contribution in [0.1, 0.15) is 137 Å². The fraction of sp³-hybridized carbons (Fsp3) is 0.494. The van der Waals surface area contributed by atoms with Crippen LogP contribution in [0.5, 0.6) is 0 Å². The molecule has 0 aliphatic carbocycles. The lowest BCUT2D eigenvalue weighted by atomic mass is 9.85. The molecule has 0 spiro atoms. The molecule has 5 atom stereocenters. The minimum atomic E-state index is -1.08. The largest absolute Gasteiger partial charge is 0.391 e. The Hall–Kier alpha value is -8.08. The highest BCUT2D eigenvalue weighted by Gasteiger charge is 2.45. The second-order valence-corrected chi connectivity index (χ2v) is 33.4. The van der Waals surface area contributed by atoms with Gasteiger partial charge in [0.2, 0.25) is 29.5 Å². The molecule has 3 aliphatic heterocycles. The summed E-state index contributed by atoms with van der Waals surface area (Å²) in [6.07, 6.45) is -0.822. The Bertz CT molecular complexity index is 4410. The van der Waals surface area contributed by atoms with Gasteiger partial charge in [-0.2, -0.15) is 0 Å². The smallest absolute Gasteiger partial charge is 0.246 e. The standard InChI is InChI=1S/C79H98Cl2N14O13S3/c1-46-49(4)110-76-66(46)68(54-16-20-57(80)21-17-54)86-60(72-91-89-51(6)94(72)76)37-63(97)82-24-26-102-28-30-104-32-34-106-42-79(11,44-108-41-65(99)88-71(78(8,9)10)75(101)93-40-59(96)36-62(93)74(100)84-39-53-12-14-56(15-13-53)70-48(3)85-45-109-70)43-107-35-33-105-31-29-103-27-25-83-64(98)38-61-73-92-90-52(7)95(73)77-67(47(2)50(5)111-77)69(87-61)55-18-22-58(81)23-19-55/h12-23,45,59-62,71,96H,24-44H2,1-11H3,(H,82,97)(H,83,98)(H,84,100)(H,88,99)/t59-,60+,61+,62+,71-/m1/s1. The molecule has 5 N–H and O–H groups in total. The maximum atomic E-state index is 14.5. The number of aliphatic imine (C=N–C) groups is 2. The number of rotatable bonds is 38. The molecule has 8 heterocycles. The Morgan fingerprint density at radius 2 is 1.02 bits per heavy atom. The molecule has 27 nitrogen and oxygen atoms in total. The van der Waals surface area contributed by atoms with Crippen LogP contribution < -0.4 is 21.3 Å². The summed E-state index contributed by atoms with van der Waals surface area (Å²) in [6, 6.07) is 19.6. The zero-order valence-corrected chi connectivity index (χ0v) is 68.5. The SMILES string of the molecule is Cc1ncsc1-c1ccc(CNC(=O)[C@@H]2C[C@@H](O)CN2C(=O)[C@@H](NC(=O)COCC(C)(COCCOCCOCCNC(=O)C[C@@H]2N=C(c3ccc(Cl)cc3)c3c(sc(C)c3C)-n3c(C)nnc32)COCCOCCOCCNC(=O)C[C@@H]2N=C(c3ccc(Cl)cc3)c3c(sc(C)c3C)-n3c(C)nnc32)C(C)(C)C)cc1. The molecule has 111 heavy (non-hydrogen) atoms. The Morgan fingerprint density at radius 3 is 1.48 bits per heavy atom. The van der Waals surface area contributed by atoms with Crippen molar-refractivity contribution in [2.24, 2.45) is 20.8 Å². The van der Waals surface area contributed by atoms with Gasteiger partial charge in [0, 0.05) is 80.1 Å². The fourth-order valence-electron chi connectivity index (χ4n) is 13.3. The summed E-state index contributed by atoms with van der Waals surface area (Å²) >= 11 is 17.4. The number of nitrogens with one attached hydrogen (secondary N) is 4. The second kappa shape index (κ2) is 38.6. The molecule has 32 heteroatoms. The number of hydrogen-bond donors (Lipinski definition) is 5. The lowest BCUT2D eigenvalue weighted by Crippen LogP contribution is -2.58. The summed E-state index contributed by atoms with van der Waals surface area (Å²) < 4.78 is 45.8. The number of carbonyl (C=O) groups excluding carboxylic acids is 5. The first-order valence-electron chi connectivity index (χ1n) is 37.1. The molecular formula is C79H98Cl2N14O13S3. The third kappa shape index (κ3) is 21.4. The van der Waals surface area contributed by atoms with Gasteiger partial charge in [-0.3, -0.25) is 43.1 Å². The van der Waals surface area contributed by atoms with E-state index in [-0.39, 0.29) is 143 Å². The van der Waals surface area contributed by atoms with Crippen molar-refractivity contribution in [1.29, 1.82) is 0 Å². The number of benzene rings is 3. The highest BCUT2D eigenvalue weighted by atomic mass is 35.5. The number of amides is 5. The Kier molecular flexibility index (Phi) is 29.2. The van der Waals surface area contributed by atoms with Gasteiger partial charge >= 0.3 is 0 Å². The molecule has 0 radical (unpaired) electrons. The lowest BCUT2D eigenvalue weighted by molar-refractivity contribution is -0.145. The summed E-state index contributed by atoms with van der Waals surface area (Å²) in [5, 5.41) is 43.6. The van der Waals surface area contributed by atoms with Crippen molar-refractivity contribution in [1.82, 2.24) is 60.7 Å². The summed E-state index contributed by atoms with van der Waals surface area (Å²) in [6.45, 7) is 24.4. The van der Waals surface area contributed by atoms with Crippen LogP contribution in [0.25, 0.3) is 20.4 Å². The van der Waals surface area contributed by atoms with Crippen molar-refractivity contribution >= 4 is 98.2 Å². The molecule has 1 saturated heterocycles. The van der Waals surface area contributed by atoms with E-state index in [0.29, 0.717) is 33.3 Å². The molecule has 8 aromatic rings. The van der Waals surface area contributed by atoms with Gasteiger partial charge < -0.3 is 64.4 Å². The molecule has 0 bridgehead atoms. The molecule has 5 aromatic heterocycles. The Balaban J connectivity index is 0.622. The molecule has 5 amide bonds. The van der Waals surface area contributed by atoms with Crippen LogP contribution in [-0.4, -0.2) is 216 Å². The van der Waals surface area contributed by atoms with Crippen molar-refractivity contribution < 1.29 is 62.2 Å². The van der Waals surface area contributed by atoms with Crippen molar-refractivity contribution in [3.63, 3.8) is 0 Å². The molecule has 11 rings (SSSR count). The van der Waals surface area contributed by atoms with Gasteiger partial charge in [-0.05, 0) is 100 Å². The van der Waals surface area contributed by atoms with Gasteiger partial charge in [0.25, 0.3) is 0 Å². The number of thiazole rings is 1. The molecular weight excluding hydrogens is 1520 g/mol. The van der Waals surface area contributed by atoms with E-state index in [4.69, 9.17) is 66.3 Å². The number of carbonyl (C=O) groups is 5. The first-order chi connectivity index (χ1) is 53.2. The second-order valence-electron chi connectivity index (χ2n) is 29.2. The average Bonchev–Trinajstić information content (AvgIpc) is 1.60. The number of aromatic nitrogens is 7. The molecule has 594 valence electrons. The van der Waals surface area contributed by atoms with Crippen LogP contribution in [0.4, 0.5) is 0 Å². The number of halogens is 2. The molecule has 3 aliphatic rings. The van der Waals surface area contributed by atoms with Crippen molar-refractivity contribution in [3.05, 3.63) is 166 Å². The van der Waals surface area contributed by atoms with Crippen LogP contribution in [0.3, 0.4) is 0 Å². The van der Waals surface area contributed by atoms with Gasteiger partial charge in [0.05, 0.1) is 132 Å². The van der Waals surface area contributed by atoms with Crippen LogP contribution >= 0.6 is 57.2 Å². The van der Waals surface area contributed by atoms with E-state index in [9.17, 15) is 29.1 Å². The molecule has 1 fully saturated rings.